The number of halogens is 3. The zero-order valence-electron chi connectivity index (χ0n) is 10.3. The first-order valence-corrected chi connectivity index (χ1v) is 5.31. The molecule has 3 nitrogen and oxygen atoms in total. The van der Waals surface area contributed by atoms with Gasteiger partial charge in [-0.25, -0.2) is 0 Å². The van der Waals surface area contributed by atoms with Crippen LogP contribution in [0.2, 0.25) is 0 Å². The van der Waals surface area contributed by atoms with E-state index in [0.29, 0.717) is 16.7 Å². The van der Waals surface area contributed by atoms with Gasteiger partial charge in [0.05, 0.1) is 6.07 Å². The Labute approximate surface area is 108 Å². The van der Waals surface area contributed by atoms with Gasteiger partial charge in [0.2, 0.25) is 0 Å². The number of benzene rings is 1. The smallest absolute Gasteiger partial charge is 0.318 e. The molecule has 19 heavy (non-hydrogen) atoms. The Hall–Kier alpha value is -2.29. The molecule has 0 fully saturated rings. The summed E-state index contributed by atoms with van der Waals surface area (Å²) in [5.41, 5.74) is 1.81. The van der Waals surface area contributed by atoms with E-state index in [2.05, 4.69) is 0 Å². The highest BCUT2D eigenvalue weighted by Gasteiger charge is 2.39. The molecule has 0 bridgehead atoms. The lowest BCUT2D eigenvalue weighted by Gasteiger charge is -2.14. The molecule has 0 saturated carbocycles. The normalized spacial score (nSPS) is 11.4. The fourth-order valence-corrected chi connectivity index (χ4v) is 1.61. The SMILES string of the molecule is Cc1cc(C=CC#N)cc(C)c1NC(=O)C(F)(F)F. The minimum absolute atomic E-state index is 0.136. The van der Waals surface area contributed by atoms with Crippen LogP contribution in [0.3, 0.4) is 0 Å². The number of hydrogen-bond acceptors (Lipinski definition) is 2. The summed E-state index contributed by atoms with van der Waals surface area (Å²) in [6.07, 6.45) is -2.12. The summed E-state index contributed by atoms with van der Waals surface area (Å²) < 4.78 is 36.6. The van der Waals surface area contributed by atoms with Gasteiger partial charge in [-0.3, -0.25) is 4.79 Å². The Balaban J connectivity index is 3.08. The lowest BCUT2D eigenvalue weighted by atomic mass is 10.0. The summed E-state index contributed by atoms with van der Waals surface area (Å²) in [5, 5.41) is 10.3. The van der Waals surface area contributed by atoms with Gasteiger partial charge in [0, 0.05) is 11.8 Å². The Morgan fingerprint density at radius 2 is 1.84 bits per heavy atom. The van der Waals surface area contributed by atoms with E-state index in [1.54, 1.807) is 26.0 Å². The van der Waals surface area contributed by atoms with Crippen LogP contribution in [0.1, 0.15) is 16.7 Å². The van der Waals surface area contributed by atoms with Gasteiger partial charge in [-0.15, -0.1) is 0 Å². The van der Waals surface area contributed by atoms with Crippen molar-refractivity contribution in [3.63, 3.8) is 0 Å². The van der Waals surface area contributed by atoms with Crippen molar-refractivity contribution in [3.05, 3.63) is 34.9 Å². The zero-order valence-corrected chi connectivity index (χ0v) is 10.3. The van der Waals surface area contributed by atoms with Crippen LogP contribution in [0.4, 0.5) is 18.9 Å². The Morgan fingerprint density at radius 1 is 1.32 bits per heavy atom. The number of nitriles is 1. The lowest BCUT2D eigenvalue weighted by molar-refractivity contribution is -0.167. The van der Waals surface area contributed by atoms with E-state index in [1.807, 2.05) is 11.4 Å². The molecule has 0 saturated heterocycles. The first kappa shape index (κ1) is 14.8. The third-order valence-electron chi connectivity index (χ3n) is 2.40. The first-order chi connectivity index (χ1) is 8.75. The fourth-order valence-electron chi connectivity index (χ4n) is 1.61. The minimum Gasteiger partial charge on any atom is -0.318 e. The van der Waals surface area contributed by atoms with Gasteiger partial charge in [-0.2, -0.15) is 18.4 Å². The molecule has 0 aromatic heterocycles. The molecule has 0 unspecified atom stereocenters. The average Bonchev–Trinajstić information content (AvgIpc) is 2.29. The summed E-state index contributed by atoms with van der Waals surface area (Å²) in [7, 11) is 0. The topological polar surface area (TPSA) is 52.9 Å². The van der Waals surface area contributed by atoms with Crippen molar-refractivity contribution in [1.29, 1.82) is 5.26 Å². The number of rotatable bonds is 2. The highest BCUT2D eigenvalue weighted by atomic mass is 19.4. The van der Waals surface area contributed by atoms with Crippen LogP contribution < -0.4 is 5.32 Å². The summed E-state index contributed by atoms with van der Waals surface area (Å²) in [6, 6.07) is 5.00. The average molecular weight is 268 g/mol. The van der Waals surface area contributed by atoms with Gasteiger partial charge in [-0.05, 0) is 48.7 Å². The van der Waals surface area contributed by atoms with Crippen molar-refractivity contribution in [2.24, 2.45) is 0 Å². The summed E-state index contributed by atoms with van der Waals surface area (Å²) in [4.78, 5) is 10.9. The van der Waals surface area contributed by atoms with Crippen LogP contribution in [0.25, 0.3) is 6.08 Å². The predicted molar refractivity (Wildman–Crippen MR) is 65.2 cm³/mol. The molecule has 1 aromatic rings. The van der Waals surface area contributed by atoms with Crippen LogP contribution >= 0.6 is 0 Å². The van der Waals surface area contributed by atoms with Crippen LogP contribution in [-0.2, 0) is 4.79 Å². The van der Waals surface area contributed by atoms with Gasteiger partial charge in [-0.1, -0.05) is 0 Å². The van der Waals surface area contributed by atoms with Crippen LogP contribution in [0.5, 0.6) is 0 Å². The molecule has 1 N–H and O–H groups in total. The molecule has 0 radical (unpaired) electrons. The molecule has 0 atom stereocenters. The molecular formula is C13H11F3N2O. The molecule has 0 aliphatic heterocycles. The number of nitrogens with one attached hydrogen (secondary N) is 1. The maximum Gasteiger partial charge on any atom is 0.471 e. The van der Waals surface area contributed by atoms with Gasteiger partial charge < -0.3 is 5.32 Å². The molecule has 0 heterocycles. The van der Waals surface area contributed by atoms with Crippen molar-refractivity contribution in [2.45, 2.75) is 20.0 Å². The van der Waals surface area contributed by atoms with E-state index in [9.17, 15) is 18.0 Å². The van der Waals surface area contributed by atoms with E-state index in [1.165, 1.54) is 12.2 Å². The second-order valence-corrected chi connectivity index (χ2v) is 3.94. The van der Waals surface area contributed by atoms with E-state index < -0.39 is 12.1 Å². The molecule has 1 aromatic carbocycles. The second-order valence-electron chi connectivity index (χ2n) is 3.94. The molecule has 6 heteroatoms. The summed E-state index contributed by atoms with van der Waals surface area (Å²) >= 11 is 0. The quantitative estimate of drug-likeness (QED) is 0.836. The maximum absolute atomic E-state index is 12.2. The third-order valence-corrected chi connectivity index (χ3v) is 2.40. The number of carbonyl (C=O) groups is 1. The lowest BCUT2D eigenvalue weighted by Crippen LogP contribution is -2.30. The number of aryl methyl sites for hydroxylation is 2. The molecular weight excluding hydrogens is 257 g/mol. The third kappa shape index (κ3) is 3.85. The van der Waals surface area contributed by atoms with E-state index >= 15 is 0 Å². The molecule has 0 aliphatic carbocycles. The number of hydrogen-bond donors (Lipinski definition) is 1. The van der Waals surface area contributed by atoms with Crippen molar-refractivity contribution >= 4 is 17.7 Å². The van der Waals surface area contributed by atoms with Crippen molar-refractivity contribution in [1.82, 2.24) is 0 Å². The predicted octanol–water partition coefficient (Wildman–Crippen LogP) is 3.34. The number of alkyl halides is 3. The van der Waals surface area contributed by atoms with Gasteiger partial charge >= 0.3 is 12.1 Å². The second kappa shape index (κ2) is 5.57. The van der Waals surface area contributed by atoms with Gasteiger partial charge in [0.1, 0.15) is 0 Å². The number of nitrogens with zero attached hydrogens (tertiary/aromatic N) is 1. The van der Waals surface area contributed by atoms with Gasteiger partial charge in [0.15, 0.2) is 0 Å². The number of allylic oxidation sites excluding steroid dienone is 1. The highest BCUT2D eigenvalue weighted by molar-refractivity contribution is 5.96. The minimum atomic E-state index is -4.92. The monoisotopic (exact) mass is 268 g/mol. The van der Waals surface area contributed by atoms with Gasteiger partial charge in [0.25, 0.3) is 0 Å². The van der Waals surface area contributed by atoms with Crippen molar-refractivity contribution in [3.8, 4) is 6.07 Å². The molecule has 0 aliphatic rings. The van der Waals surface area contributed by atoms with Crippen molar-refractivity contribution in [2.75, 3.05) is 5.32 Å². The number of amides is 1. The highest BCUT2D eigenvalue weighted by Crippen LogP contribution is 2.25. The van der Waals surface area contributed by atoms with Crippen LogP contribution in [0.15, 0.2) is 18.2 Å². The summed E-state index contributed by atoms with van der Waals surface area (Å²) in [5.74, 6) is -2.00. The van der Waals surface area contributed by atoms with Crippen LogP contribution in [-0.4, -0.2) is 12.1 Å². The molecule has 100 valence electrons. The molecule has 0 spiro atoms. The molecule has 1 rings (SSSR count). The Kier molecular flexibility index (Phi) is 4.33. The largest absolute Gasteiger partial charge is 0.471 e. The maximum atomic E-state index is 12.2. The van der Waals surface area contributed by atoms with Crippen LogP contribution in [0, 0.1) is 25.2 Å². The van der Waals surface area contributed by atoms with Crippen molar-refractivity contribution < 1.29 is 18.0 Å². The summed E-state index contributed by atoms with van der Waals surface area (Å²) in [6.45, 7) is 3.17. The van der Waals surface area contributed by atoms with E-state index in [0.717, 1.165) is 0 Å². The first-order valence-electron chi connectivity index (χ1n) is 5.31. The number of anilines is 1. The van der Waals surface area contributed by atoms with E-state index in [-0.39, 0.29) is 5.69 Å². The standard InChI is InChI=1S/C13H11F3N2O/c1-8-6-10(4-3-5-17)7-9(2)11(8)18-12(19)13(14,15)16/h3-4,6-7H,1-2H3,(H,18,19). The fraction of sp³-hybridized carbons (Fsp3) is 0.231. The Bertz CT molecular complexity index is 545. The zero-order chi connectivity index (χ0) is 14.6. The molecule has 1 amide bonds. The number of carbonyl (C=O) groups excluding carboxylic acids is 1. The van der Waals surface area contributed by atoms with E-state index in [4.69, 9.17) is 5.26 Å². The Morgan fingerprint density at radius 3 is 2.26 bits per heavy atom.